The number of nitrogens with one attached hydrogen (secondary N) is 1. The van der Waals surface area contributed by atoms with E-state index >= 15 is 0 Å². The van der Waals surface area contributed by atoms with Crippen LogP contribution in [0.3, 0.4) is 0 Å². The second-order valence-electron chi connectivity index (χ2n) is 6.23. The van der Waals surface area contributed by atoms with Crippen molar-refractivity contribution in [2.45, 2.75) is 13.0 Å². The van der Waals surface area contributed by atoms with E-state index in [9.17, 15) is 4.79 Å². The van der Waals surface area contributed by atoms with E-state index in [0.717, 1.165) is 16.8 Å². The summed E-state index contributed by atoms with van der Waals surface area (Å²) in [7, 11) is 1.58. The molecule has 8 heteroatoms. The Hall–Kier alpha value is -4.12. The quantitative estimate of drug-likeness (QED) is 0.437. The van der Waals surface area contributed by atoms with Crippen molar-refractivity contribution in [3.05, 3.63) is 66.4 Å². The number of amides is 1. The first-order valence-corrected chi connectivity index (χ1v) is 9.28. The third kappa shape index (κ3) is 5.69. The molecule has 8 nitrogen and oxygen atoms in total. The number of carbonyl (C=O) groups is 1. The van der Waals surface area contributed by atoms with Gasteiger partial charge in [0.05, 0.1) is 32.4 Å². The normalized spacial score (nSPS) is 10.5. The molecule has 30 heavy (non-hydrogen) atoms. The molecule has 0 fully saturated rings. The third-order valence-corrected chi connectivity index (χ3v) is 4.11. The van der Waals surface area contributed by atoms with Crippen LogP contribution in [0.1, 0.15) is 12.0 Å². The number of hydrogen-bond acceptors (Lipinski definition) is 6. The van der Waals surface area contributed by atoms with Crippen LogP contribution in [0.4, 0.5) is 0 Å². The zero-order chi connectivity index (χ0) is 21.2. The van der Waals surface area contributed by atoms with Crippen LogP contribution in [-0.2, 0) is 11.3 Å². The van der Waals surface area contributed by atoms with E-state index in [0.29, 0.717) is 24.5 Å². The van der Waals surface area contributed by atoms with Crippen molar-refractivity contribution in [1.82, 2.24) is 15.2 Å². The number of rotatable bonds is 9. The number of ether oxygens (including phenoxy) is 2. The van der Waals surface area contributed by atoms with Gasteiger partial charge in [-0.05, 0) is 24.3 Å². The molecule has 1 heterocycles. The zero-order valence-corrected chi connectivity index (χ0v) is 16.5. The summed E-state index contributed by atoms with van der Waals surface area (Å²) < 4.78 is 12.2. The zero-order valence-electron chi connectivity index (χ0n) is 16.5. The third-order valence-electron chi connectivity index (χ3n) is 4.11. The van der Waals surface area contributed by atoms with Crippen molar-refractivity contribution in [2.24, 2.45) is 5.10 Å². The minimum Gasteiger partial charge on any atom is -0.497 e. The van der Waals surface area contributed by atoms with Gasteiger partial charge in [0.15, 0.2) is 6.61 Å². The highest BCUT2D eigenvalue weighted by atomic mass is 16.5. The number of nitrogens with zero attached hydrogens (tertiary/aromatic N) is 4. The lowest BCUT2D eigenvalue weighted by Crippen LogP contribution is -2.24. The maximum absolute atomic E-state index is 12.0. The Kier molecular flexibility index (Phi) is 7.17. The summed E-state index contributed by atoms with van der Waals surface area (Å²) in [5.41, 5.74) is 4.82. The Morgan fingerprint density at radius 2 is 1.93 bits per heavy atom. The highest BCUT2D eigenvalue weighted by molar-refractivity contribution is 5.89. The molecule has 0 atom stereocenters. The first kappa shape index (κ1) is 20.6. The number of carbonyl (C=O) groups excluding carboxylic acids is 1. The number of aryl methyl sites for hydroxylation is 1. The summed E-state index contributed by atoms with van der Waals surface area (Å²) in [5, 5.41) is 17.3. The number of nitriles is 1. The molecule has 0 unspecified atom stereocenters. The molecule has 3 rings (SSSR count). The maximum Gasteiger partial charge on any atom is 0.277 e. The smallest absolute Gasteiger partial charge is 0.277 e. The molecule has 1 N–H and O–H groups in total. The van der Waals surface area contributed by atoms with Crippen molar-refractivity contribution in [3.8, 4) is 28.8 Å². The molecule has 0 bridgehead atoms. The molecule has 3 aromatic rings. The van der Waals surface area contributed by atoms with Gasteiger partial charge >= 0.3 is 0 Å². The van der Waals surface area contributed by atoms with E-state index < -0.39 is 0 Å². The van der Waals surface area contributed by atoms with Crippen LogP contribution in [-0.4, -0.2) is 35.6 Å². The molecular weight excluding hydrogens is 382 g/mol. The van der Waals surface area contributed by atoms with E-state index in [1.807, 2.05) is 30.3 Å². The number of aromatic nitrogens is 2. The monoisotopic (exact) mass is 403 g/mol. The van der Waals surface area contributed by atoms with Crippen molar-refractivity contribution >= 4 is 12.1 Å². The lowest BCUT2D eigenvalue weighted by Gasteiger charge is -2.05. The van der Waals surface area contributed by atoms with E-state index in [-0.39, 0.29) is 12.5 Å². The molecule has 0 saturated heterocycles. The van der Waals surface area contributed by atoms with Gasteiger partial charge in [0.2, 0.25) is 0 Å². The highest BCUT2D eigenvalue weighted by Gasteiger charge is 2.10. The van der Waals surface area contributed by atoms with Crippen LogP contribution in [0, 0.1) is 11.3 Å². The summed E-state index contributed by atoms with van der Waals surface area (Å²) in [4.78, 5) is 12.0. The van der Waals surface area contributed by atoms with Gasteiger partial charge in [-0.25, -0.2) is 5.43 Å². The summed E-state index contributed by atoms with van der Waals surface area (Å²) in [5.74, 6) is 0.876. The molecule has 152 valence electrons. The van der Waals surface area contributed by atoms with Crippen LogP contribution in [0.5, 0.6) is 11.5 Å². The second kappa shape index (κ2) is 10.4. The Morgan fingerprint density at radius 1 is 1.20 bits per heavy atom. The van der Waals surface area contributed by atoms with E-state index in [4.69, 9.17) is 14.7 Å². The van der Waals surface area contributed by atoms with Crippen molar-refractivity contribution in [3.63, 3.8) is 0 Å². The van der Waals surface area contributed by atoms with Crippen molar-refractivity contribution in [2.75, 3.05) is 13.7 Å². The maximum atomic E-state index is 12.0. The number of methoxy groups -OCH3 is 1. The van der Waals surface area contributed by atoms with Crippen LogP contribution in [0.15, 0.2) is 65.9 Å². The first-order chi connectivity index (χ1) is 14.7. The average molecular weight is 403 g/mol. The highest BCUT2D eigenvalue weighted by Crippen LogP contribution is 2.20. The Labute approximate surface area is 174 Å². The SMILES string of the molecule is COc1ccc(OCC(=O)N/N=C\c2cn(CCC#N)nc2-c2ccccc2)cc1. The Bertz CT molecular complexity index is 1040. The number of hydrazone groups is 1. The fraction of sp³-hybridized carbons (Fsp3) is 0.182. The van der Waals surface area contributed by atoms with Crippen LogP contribution >= 0.6 is 0 Å². The van der Waals surface area contributed by atoms with Crippen molar-refractivity contribution in [1.29, 1.82) is 5.26 Å². The molecule has 0 radical (unpaired) electrons. The Morgan fingerprint density at radius 3 is 2.63 bits per heavy atom. The largest absolute Gasteiger partial charge is 0.497 e. The minimum absolute atomic E-state index is 0.170. The fourth-order valence-corrected chi connectivity index (χ4v) is 2.66. The van der Waals surface area contributed by atoms with Gasteiger partial charge in [-0.3, -0.25) is 9.48 Å². The molecule has 0 aliphatic heterocycles. The van der Waals surface area contributed by atoms with Crippen molar-refractivity contribution < 1.29 is 14.3 Å². The summed E-state index contributed by atoms with van der Waals surface area (Å²) in [6.07, 6.45) is 3.68. The van der Waals surface area contributed by atoms with Gasteiger partial charge in [0.1, 0.15) is 17.2 Å². The topological polar surface area (TPSA) is 102 Å². The van der Waals surface area contributed by atoms with E-state index in [2.05, 4.69) is 21.7 Å². The standard InChI is InChI=1S/C22H21N5O3/c1-29-19-8-10-20(11-9-19)30-16-21(28)25-24-14-18-15-27(13-5-12-23)26-22(18)17-6-3-2-4-7-17/h2-4,6-11,14-15H,5,13,16H2,1H3,(H,25,28)/b24-14-. The van der Waals surface area contributed by atoms with Gasteiger partial charge < -0.3 is 9.47 Å². The van der Waals surface area contributed by atoms with Crippen LogP contribution < -0.4 is 14.9 Å². The predicted molar refractivity (Wildman–Crippen MR) is 112 cm³/mol. The predicted octanol–water partition coefficient (Wildman–Crippen LogP) is 3.00. The molecule has 0 saturated carbocycles. The molecule has 2 aromatic carbocycles. The van der Waals surface area contributed by atoms with Crippen LogP contribution in [0.2, 0.25) is 0 Å². The molecule has 0 spiro atoms. The number of benzene rings is 2. The first-order valence-electron chi connectivity index (χ1n) is 9.28. The van der Waals surface area contributed by atoms with Crippen LogP contribution in [0.25, 0.3) is 11.3 Å². The summed E-state index contributed by atoms with van der Waals surface area (Å²) >= 11 is 0. The number of hydrogen-bond donors (Lipinski definition) is 1. The summed E-state index contributed by atoms with van der Waals surface area (Å²) in [6, 6.07) is 18.7. The van der Waals surface area contributed by atoms with Gasteiger partial charge in [-0.2, -0.15) is 15.5 Å². The van der Waals surface area contributed by atoms with Gasteiger partial charge in [0, 0.05) is 17.3 Å². The lowest BCUT2D eigenvalue weighted by atomic mass is 10.1. The molecule has 1 amide bonds. The minimum atomic E-state index is -0.389. The molecular formula is C22H21N5O3. The average Bonchev–Trinajstić information content (AvgIpc) is 3.20. The van der Waals surface area contributed by atoms with E-state index in [1.54, 1.807) is 42.3 Å². The molecule has 0 aliphatic rings. The fourth-order valence-electron chi connectivity index (χ4n) is 2.66. The molecule has 0 aliphatic carbocycles. The van der Waals surface area contributed by atoms with E-state index in [1.165, 1.54) is 6.21 Å². The second-order valence-corrected chi connectivity index (χ2v) is 6.23. The van der Waals surface area contributed by atoms with Gasteiger partial charge in [-0.1, -0.05) is 30.3 Å². The van der Waals surface area contributed by atoms with Gasteiger partial charge in [0.25, 0.3) is 5.91 Å². The Balaban J connectivity index is 1.62. The molecule has 1 aromatic heterocycles. The van der Waals surface area contributed by atoms with Gasteiger partial charge in [-0.15, -0.1) is 0 Å². The summed E-state index contributed by atoms with van der Waals surface area (Å²) in [6.45, 7) is 0.308. The lowest BCUT2D eigenvalue weighted by molar-refractivity contribution is -0.123.